The van der Waals surface area contributed by atoms with Crippen LogP contribution in [0.4, 0.5) is 5.69 Å². The molecule has 1 N–H and O–H groups in total. The van der Waals surface area contributed by atoms with E-state index in [9.17, 15) is 9.59 Å². The number of nitrogens with one attached hydrogen (secondary N) is 1. The number of ether oxygens (including phenoxy) is 1. The molecule has 1 aliphatic rings. The van der Waals surface area contributed by atoms with Gasteiger partial charge < -0.3 is 15.0 Å². The van der Waals surface area contributed by atoms with Gasteiger partial charge in [-0.2, -0.15) is 0 Å². The van der Waals surface area contributed by atoms with E-state index in [0.29, 0.717) is 29.5 Å². The van der Waals surface area contributed by atoms with Crippen molar-refractivity contribution in [3.8, 4) is 5.75 Å². The topological polar surface area (TPSA) is 84.4 Å². The van der Waals surface area contributed by atoms with Crippen LogP contribution in [0.1, 0.15) is 40.5 Å². The summed E-state index contributed by atoms with van der Waals surface area (Å²) in [5, 5.41) is 12.3. The lowest BCUT2D eigenvalue weighted by molar-refractivity contribution is -0.139. The number of carbonyl (C=O) groups is 2. The molecule has 31 heavy (non-hydrogen) atoms. The largest absolute Gasteiger partial charge is 0.481 e. The zero-order valence-electron chi connectivity index (χ0n) is 17.2. The van der Waals surface area contributed by atoms with E-state index >= 15 is 0 Å². The zero-order valence-corrected chi connectivity index (χ0v) is 18.0. The van der Waals surface area contributed by atoms with Gasteiger partial charge in [0.05, 0.1) is 0 Å². The van der Waals surface area contributed by atoms with Crippen LogP contribution in [0.3, 0.4) is 0 Å². The summed E-state index contributed by atoms with van der Waals surface area (Å²) in [6.07, 6.45) is 1.22. The molecule has 2 atom stereocenters. The molecule has 0 radical (unpaired) electrons. The molecular weight excluding hydrogens is 412 g/mol. The first-order chi connectivity index (χ1) is 15.1. The fraction of sp³-hybridized carbons (Fsp3) is 0.304. The van der Waals surface area contributed by atoms with Crippen molar-refractivity contribution in [2.75, 3.05) is 18.4 Å². The lowest BCUT2D eigenvalue weighted by atomic mass is 9.98. The number of benzene rings is 2. The van der Waals surface area contributed by atoms with Crippen LogP contribution in [0.25, 0.3) is 0 Å². The van der Waals surface area contributed by atoms with E-state index in [1.807, 2.05) is 65.6 Å². The van der Waals surface area contributed by atoms with Crippen LogP contribution in [0.15, 0.2) is 60.7 Å². The highest BCUT2D eigenvalue weighted by Crippen LogP contribution is 2.30. The number of carbonyl (C=O) groups excluding carboxylic acids is 2. The molecule has 2 amide bonds. The summed E-state index contributed by atoms with van der Waals surface area (Å²) in [6, 6.07) is 18.6. The van der Waals surface area contributed by atoms with E-state index in [0.717, 1.165) is 17.8 Å². The smallest absolute Gasteiger partial charge is 0.286 e. The third-order valence-electron chi connectivity index (χ3n) is 5.15. The molecule has 1 saturated heterocycles. The number of aromatic nitrogens is 2. The van der Waals surface area contributed by atoms with Gasteiger partial charge in [0.15, 0.2) is 6.10 Å². The second-order valence-corrected chi connectivity index (χ2v) is 8.47. The van der Waals surface area contributed by atoms with E-state index in [-0.39, 0.29) is 17.7 Å². The second kappa shape index (κ2) is 9.70. The first-order valence-electron chi connectivity index (χ1n) is 10.3. The van der Waals surface area contributed by atoms with E-state index in [1.54, 1.807) is 6.92 Å². The summed E-state index contributed by atoms with van der Waals surface area (Å²) < 4.78 is 5.79. The Labute approximate surface area is 185 Å². The highest BCUT2D eigenvalue weighted by atomic mass is 32.1. The molecule has 1 fully saturated rings. The average Bonchev–Trinajstić information content (AvgIpc) is 3.31. The highest BCUT2D eigenvalue weighted by Gasteiger charge is 2.30. The van der Waals surface area contributed by atoms with Gasteiger partial charge in [0.2, 0.25) is 5.01 Å². The van der Waals surface area contributed by atoms with Crippen molar-refractivity contribution in [2.24, 2.45) is 0 Å². The van der Waals surface area contributed by atoms with E-state index in [2.05, 4.69) is 15.5 Å². The molecule has 0 bridgehead atoms. The number of para-hydroxylation sites is 2. The van der Waals surface area contributed by atoms with Gasteiger partial charge in [-0.3, -0.25) is 9.59 Å². The van der Waals surface area contributed by atoms with Crippen LogP contribution in [0.2, 0.25) is 0 Å². The van der Waals surface area contributed by atoms with Crippen molar-refractivity contribution < 1.29 is 14.3 Å². The molecule has 1 aliphatic heterocycles. The molecule has 0 spiro atoms. The van der Waals surface area contributed by atoms with Crippen LogP contribution in [-0.4, -0.2) is 46.1 Å². The van der Waals surface area contributed by atoms with E-state index in [1.165, 1.54) is 11.3 Å². The maximum Gasteiger partial charge on any atom is 0.286 e. The van der Waals surface area contributed by atoms with Crippen LogP contribution in [-0.2, 0) is 4.79 Å². The van der Waals surface area contributed by atoms with E-state index < -0.39 is 6.10 Å². The third-order valence-corrected chi connectivity index (χ3v) is 6.24. The number of nitrogens with zero attached hydrogens (tertiary/aromatic N) is 3. The molecular formula is C23H24N4O3S. The molecule has 7 nitrogen and oxygen atoms in total. The van der Waals surface area contributed by atoms with Crippen molar-refractivity contribution in [1.29, 1.82) is 0 Å². The Kier molecular flexibility index (Phi) is 6.57. The lowest BCUT2D eigenvalue weighted by Gasteiger charge is -2.33. The lowest BCUT2D eigenvalue weighted by Crippen LogP contribution is -2.45. The standard InChI is InChI=1S/C23H24N4O3S/c1-16(30-19-12-6-3-7-13-19)23(29)27-14-8-9-17(15-27)21-25-26-22(31-21)20(28)24-18-10-4-2-5-11-18/h2-7,10-13,16-17H,8-9,14-15H2,1H3,(H,24,28)/t16-,17+/m1/s1. The van der Waals surface area contributed by atoms with Crippen molar-refractivity contribution in [3.05, 3.63) is 70.7 Å². The normalized spacial score (nSPS) is 17.1. The SMILES string of the molecule is C[C@@H](Oc1ccccc1)C(=O)N1CCC[C@H](c2nnc(C(=O)Nc3ccccc3)s2)C1. The van der Waals surface area contributed by atoms with Crippen LogP contribution in [0.5, 0.6) is 5.75 Å². The third kappa shape index (κ3) is 5.27. The minimum Gasteiger partial charge on any atom is -0.481 e. The predicted octanol–water partition coefficient (Wildman–Crippen LogP) is 3.96. The Balaban J connectivity index is 1.37. The van der Waals surface area contributed by atoms with Gasteiger partial charge in [0.1, 0.15) is 10.8 Å². The fourth-order valence-electron chi connectivity index (χ4n) is 3.59. The summed E-state index contributed by atoms with van der Waals surface area (Å²) in [7, 11) is 0. The number of hydrogen-bond donors (Lipinski definition) is 1. The maximum atomic E-state index is 12.9. The first-order valence-corrected chi connectivity index (χ1v) is 11.1. The number of hydrogen-bond acceptors (Lipinski definition) is 6. The Bertz CT molecular complexity index is 1030. The predicted molar refractivity (Wildman–Crippen MR) is 119 cm³/mol. The molecule has 0 unspecified atom stereocenters. The maximum absolute atomic E-state index is 12.9. The van der Waals surface area contributed by atoms with Crippen molar-refractivity contribution >= 4 is 28.8 Å². The number of rotatable bonds is 6. The number of amides is 2. The van der Waals surface area contributed by atoms with Gasteiger partial charge in [-0.1, -0.05) is 47.7 Å². The van der Waals surface area contributed by atoms with Gasteiger partial charge in [-0.05, 0) is 44.0 Å². The molecule has 3 aromatic rings. The van der Waals surface area contributed by atoms with Gasteiger partial charge in [-0.15, -0.1) is 10.2 Å². The molecule has 1 aromatic heterocycles. The quantitative estimate of drug-likeness (QED) is 0.632. The van der Waals surface area contributed by atoms with Crippen molar-refractivity contribution in [1.82, 2.24) is 15.1 Å². The molecule has 0 aliphatic carbocycles. The number of piperidine rings is 1. The van der Waals surface area contributed by atoms with Crippen LogP contribution < -0.4 is 10.1 Å². The van der Waals surface area contributed by atoms with Crippen LogP contribution >= 0.6 is 11.3 Å². The molecule has 4 rings (SSSR count). The molecule has 160 valence electrons. The summed E-state index contributed by atoms with van der Waals surface area (Å²) in [5.74, 6) is 0.427. The van der Waals surface area contributed by atoms with Crippen molar-refractivity contribution in [3.63, 3.8) is 0 Å². The zero-order chi connectivity index (χ0) is 21.6. The molecule has 8 heteroatoms. The fourth-order valence-corrected chi connectivity index (χ4v) is 4.45. The average molecular weight is 437 g/mol. The Morgan fingerprint density at radius 1 is 1.10 bits per heavy atom. The van der Waals surface area contributed by atoms with Gasteiger partial charge in [-0.25, -0.2) is 0 Å². The number of likely N-dealkylation sites (tertiary alicyclic amines) is 1. The van der Waals surface area contributed by atoms with E-state index in [4.69, 9.17) is 4.74 Å². The Morgan fingerprint density at radius 3 is 2.55 bits per heavy atom. The minimum absolute atomic E-state index is 0.0416. The molecule has 0 saturated carbocycles. The summed E-state index contributed by atoms with van der Waals surface area (Å²) >= 11 is 1.29. The van der Waals surface area contributed by atoms with Crippen molar-refractivity contribution in [2.45, 2.75) is 31.8 Å². The molecule has 2 heterocycles. The Hall–Kier alpha value is -3.26. The second-order valence-electron chi connectivity index (χ2n) is 7.46. The summed E-state index contributed by atoms with van der Waals surface area (Å²) in [6.45, 7) is 3.02. The minimum atomic E-state index is -0.567. The molecule has 2 aromatic carbocycles. The monoisotopic (exact) mass is 436 g/mol. The van der Waals surface area contributed by atoms with Crippen LogP contribution in [0, 0.1) is 0 Å². The Morgan fingerprint density at radius 2 is 1.81 bits per heavy atom. The highest BCUT2D eigenvalue weighted by molar-refractivity contribution is 7.13. The first kappa shape index (κ1) is 21.0. The summed E-state index contributed by atoms with van der Waals surface area (Å²) in [4.78, 5) is 27.2. The van der Waals surface area contributed by atoms with Gasteiger partial charge in [0.25, 0.3) is 11.8 Å². The number of anilines is 1. The summed E-state index contributed by atoms with van der Waals surface area (Å²) in [5.41, 5.74) is 0.714. The van der Waals surface area contributed by atoms with Gasteiger partial charge >= 0.3 is 0 Å². The van der Waals surface area contributed by atoms with Gasteiger partial charge in [0, 0.05) is 24.7 Å².